The van der Waals surface area contributed by atoms with Gasteiger partial charge in [-0.2, -0.15) is 0 Å². The third-order valence-corrected chi connectivity index (χ3v) is 3.03. The van der Waals surface area contributed by atoms with Gasteiger partial charge in [0.1, 0.15) is 0 Å². The number of aryl methyl sites for hydroxylation is 1. The first-order chi connectivity index (χ1) is 9.20. The van der Waals surface area contributed by atoms with Gasteiger partial charge >= 0.3 is 5.97 Å². The number of hydrogen-bond donors (Lipinski definition) is 1. The van der Waals surface area contributed by atoms with Crippen molar-refractivity contribution in [3.05, 3.63) is 72.3 Å². The maximum Gasteiger partial charge on any atom is 0.335 e. The molecule has 0 aliphatic rings. The van der Waals surface area contributed by atoms with Crippen LogP contribution in [0.25, 0.3) is 11.1 Å². The highest BCUT2D eigenvalue weighted by molar-refractivity contribution is 5.89. The third-order valence-electron chi connectivity index (χ3n) is 3.03. The maximum absolute atomic E-state index is 10.9. The van der Waals surface area contributed by atoms with E-state index >= 15 is 0 Å². The van der Waals surface area contributed by atoms with Gasteiger partial charge in [0.15, 0.2) is 0 Å². The van der Waals surface area contributed by atoms with Crippen molar-refractivity contribution in [2.45, 2.75) is 12.8 Å². The molecule has 2 aromatic carbocycles. The molecule has 19 heavy (non-hydrogen) atoms. The summed E-state index contributed by atoms with van der Waals surface area (Å²) in [4.78, 5) is 10.9. The standard InChI is InChI=1S/C17H16O2/c1-2-3-5-13-8-10-14(11-9-13)15-6-4-7-16(12-15)17(18)19/h2,4,6-12H,1,3,5H2,(H,18,19). The van der Waals surface area contributed by atoms with E-state index < -0.39 is 5.97 Å². The van der Waals surface area contributed by atoms with E-state index in [1.54, 1.807) is 18.2 Å². The number of aromatic carboxylic acids is 1. The summed E-state index contributed by atoms with van der Waals surface area (Å²) in [6.45, 7) is 3.71. The lowest BCUT2D eigenvalue weighted by atomic mass is 10.0. The molecule has 96 valence electrons. The number of rotatable bonds is 5. The Morgan fingerprint density at radius 2 is 1.84 bits per heavy atom. The second-order valence-corrected chi connectivity index (χ2v) is 4.41. The van der Waals surface area contributed by atoms with E-state index in [2.05, 4.69) is 18.7 Å². The summed E-state index contributed by atoms with van der Waals surface area (Å²) in [5.41, 5.74) is 3.53. The average Bonchev–Trinajstić information content (AvgIpc) is 2.46. The summed E-state index contributed by atoms with van der Waals surface area (Å²) < 4.78 is 0. The molecule has 0 amide bonds. The van der Waals surface area contributed by atoms with Gasteiger partial charge in [0, 0.05) is 0 Å². The monoisotopic (exact) mass is 252 g/mol. The normalized spacial score (nSPS) is 10.1. The number of hydrogen-bond acceptors (Lipinski definition) is 1. The summed E-state index contributed by atoms with van der Waals surface area (Å²) in [7, 11) is 0. The quantitative estimate of drug-likeness (QED) is 0.811. The second-order valence-electron chi connectivity index (χ2n) is 4.41. The molecule has 0 aliphatic heterocycles. The summed E-state index contributed by atoms with van der Waals surface area (Å²) >= 11 is 0. The minimum atomic E-state index is -0.899. The van der Waals surface area contributed by atoms with E-state index in [1.165, 1.54) is 5.56 Å². The Morgan fingerprint density at radius 3 is 2.47 bits per heavy atom. The number of carbonyl (C=O) groups is 1. The fourth-order valence-electron chi connectivity index (χ4n) is 1.96. The summed E-state index contributed by atoms with van der Waals surface area (Å²) in [6, 6.07) is 15.2. The minimum Gasteiger partial charge on any atom is -0.478 e. The molecule has 0 saturated heterocycles. The Labute approximate surface area is 113 Å². The molecule has 0 aromatic heterocycles. The van der Waals surface area contributed by atoms with Gasteiger partial charge in [-0.25, -0.2) is 4.79 Å². The van der Waals surface area contributed by atoms with Gasteiger partial charge in [-0.1, -0.05) is 42.5 Å². The zero-order chi connectivity index (χ0) is 13.7. The summed E-state index contributed by atoms with van der Waals surface area (Å²) in [5, 5.41) is 8.99. The van der Waals surface area contributed by atoms with Crippen molar-refractivity contribution in [3.8, 4) is 11.1 Å². The Balaban J connectivity index is 2.24. The first kappa shape index (κ1) is 13.1. The van der Waals surface area contributed by atoms with E-state index in [0.29, 0.717) is 5.56 Å². The molecule has 0 radical (unpaired) electrons. The van der Waals surface area contributed by atoms with Crippen LogP contribution >= 0.6 is 0 Å². The topological polar surface area (TPSA) is 37.3 Å². The van der Waals surface area contributed by atoms with Crippen LogP contribution in [0.4, 0.5) is 0 Å². The molecular weight excluding hydrogens is 236 g/mol. The molecule has 2 rings (SSSR count). The van der Waals surface area contributed by atoms with Crippen molar-refractivity contribution in [3.63, 3.8) is 0 Å². The Bertz CT molecular complexity index is 582. The average molecular weight is 252 g/mol. The molecular formula is C17H16O2. The first-order valence-corrected chi connectivity index (χ1v) is 6.24. The third kappa shape index (κ3) is 3.32. The lowest BCUT2D eigenvalue weighted by molar-refractivity contribution is 0.0697. The van der Waals surface area contributed by atoms with Gasteiger partial charge in [0.25, 0.3) is 0 Å². The van der Waals surface area contributed by atoms with Crippen LogP contribution in [-0.2, 0) is 6.42 Å². The molecule has 0 aliphatic carbocycles. The number of carboxylic acid groups (broad SMARTS) is 1. The van der Waals surface area contributed by atoms with Crippen molar-refractivity contribution in [2.24, 2.45) is 0 Å². The van der Waals surface area contributed by atoms with Crippen molar-refractivity contribution in [2.75, 3.05) is 0 Å². The van der Waals surface area contributed by atoms with Crippen LogP contribution in [0.5, 0.6) is 0 Å². The number of carboxylic acids is 1. The predicted molar refractivity (Wildman–Crippen MR) is 77.4 cm³/mol. The highest BCUT2D eigenvalue weighted by Crippen LogP contribution is 2.21. The van der Waals surface area contributed by atoms with Crippen molar-refractivity contribution >= 4 is 5.97 Å². The molecule has 2 nitrogen and oxygen atoms in total. The largest absolute Gasteiger partial charge is 0.478 e. The van der Waals surface area contributed by atoms with Crippen LogP contribution < -0.4 is 0 Å². The van der Waals surface area contributed by atoms with E-state index in [1.807, 2.05) is 24.3 Å². The number of allylic oxidation sites excluding steroid dienone is 1. The van der Waals surface area contributed by atoms with Gasteiger partial charge in [-0.05, 0) is 41.7 Å². The van der Waals surface area contributed by atoms with Crippen LogP contribution in [-0.4, -0.2) is 11.1 Å². The second kappa shape index (κ2) is 6.01. The van der Waals surface area contributed by atoms with Crippen LogP contribution in [0.2, 0.25) is 0 Å². The highest BCUT2D eigenvalue weighted by atomic mass is 16.4. The van der Waals surface area contributed by atoms with Gasteiger partial charge < -0.3 is 5.11 Å². The van der Waals surface area contributed by atoms with Crippen molar-refractivity contribution < 1.29 is 9.90 Å². The molecule has 2 heteroatoms. The predicted octanol–water partition coefficient (Wildman–Crippen LogP) is 4.17. The molecule has 0 heterocycles. The van der Waals surface area contributed by atoms with E-state index in [0.717, 1.165) is 24.0 Å². The van der Waals surface area contributed by atoms with E-state index in [4.69, 9.17) is 5.11 Å². The molecule has 2 aromatic rings. The molecule has 0 bridgehead atoms. The van der Waals surface area contributed by atoms with Gasteiger partial charge in [-0.3, -0.25) is 0 Å². The maximum atomic E-state index is 10.9. The molecule has 1 N–H and O–H groups in total. The van der Waals surface area contributed by atoms with Crippen molar-refractivity contribution in [1.82, 2.24) is 0 Å². The molecule has 0 fully saturated rings. The van der Waals surface area contributed by atoms with Gasteiger partial charge in [0.05, 0.1) is 5.56 Å². The smallest absolute Gasteiger partial charge is 0.335 e. The minimum absolute atomic E-state index is 0.313. The SMILES string of the molecule is C=CCCc1ccc(-c2cccc(C(=O)O)c2)cc1. The van der Waals surface area contributed by atoms with Crippen LogP contribution in [0, 0.1) is 0 Å². The van der Waals surface area contributed by atoms with Crippen molar-refractivity contribution in [1.29, 1.82) is 0 Å². The van der Waals surface area contributed by atoms with Gasteiger partial charge in [0.2, 0.25) is 0 Å². The fraction of sp³-hybridized carbons (Fsp3) is 0.118. The lowest BCUT2D eigenvalue weighted by Crippen LogP contribution is -1.95. The van der Waals surface area contributed by atoms with Crippen LogP contribution in [0.1, 0.15) is 22.3 Å². The van der Waals surface area contributed by atoms with Gasteiger partial charge in [-0.15, -0.1) is 6.58 Å². The summed E-state index contributed by atoms with van der Waals surface area (Å²) in [6.07, 6.45) is 3.86. The Kier molecular flexibility index (Phi) is 4.14. The lowest BCUT2D eigenvalue weighted by Gasteiger charge is -2.05. The van der Waals surface area contributed by atoms with Crippen LogP contribution in [0.3, 0.4) is 0 Å². The van der Waals surface area contributed by atoms with E-state index in [9.17, 15) is 4.79 Å². The Hall–Kier alpha value is -2.35. The molecule has 0 unspecified atom stereocenters. The van der Waals surface area contributed by atoms with Crippen LogP contribution in [0.15, 0.2) is 61.2 Å². The molecule has 0 spiro atoms. The van der Waals surface area contributed by atoms with E-state index in [-0.39, 0.29) is 0 Å². The Morgan fingerprint density at radius 1 is 1.11 bits per heavy atom. The zero-order valence-electron chi connectivity index (χ0n) is 10.7. The highest BCUT2D eigenvalue weighted by Gasteiger charge is 2.04. The molecule has 0 saturated carbocycles. The zero-order valence-corrected chi connectivity index (χ0v) is 10.7. The molecule has 0 atom stereocenters. The fourth-order valence-corrected chi connectivity index (χ4v) is 1.96. The number of benzene rings is 2. The first-order valence-electron chi connectivity index (χ1n) is 6.24. The summed E-state index contributed by atoms with van der Waals surface area (Å²) in [5.74, 6) is -0.899.